The van der Waals surface area contributed by atoms with Crippen LogP contribution in [-0.2, 0) is 0 Å². The summed E-state index contributed by atoms with van der Waals surface area (Å²) in [6.45, 7) is 2.17. The van der Waals surface area contributed by atoms with E-state index in [1.54, 1.807) is 6.33 Å². The first-order valence-electron chi connectivity index (χ1n) is 4.94. The molecule has 4 nitrogen and oxygen atoms in total. The van der Waals surface area contributed by atoms with Crippen molar-refractivity contribution in [2.45, 2.75) is 12.3 Å². The molecule has 2 aromatic heterocycles. The van der Waals surface area contributed by atoms with E-state index in [2.05, 4.69) is 21.5 Å². The first-order chi connectivity index (χ1) is 6.95. The van der Waals surface area contributed by atoms with Gasteiger partial charge in [0.05, 0.1) is 0 Å². The van der Waals surface area contributed by atoms with E-state index in [9.17, 15) is 0 Å². The number of hydrogen-bond acceptors (Lipinski definition) is 3. The summed E-state index contributed by atoms with van der Waals surface area (Å²) >= 11 is 0. The molecule has 0 amide bonds. The third-order valence-corrected chi connectivity index (χ3v) is 2.83. The van der Waals surface area contributed by atoms with Crippen LogP contribution in [0.4, 0.5) is 0 Å². The Morgan fingerprint density at radius 1 is 1.50 bits per heavy atom. The van der Waals surface area contributed by atoms with Crippen LogP contribution in [0.5, 0.6) is 0 Å². The first-order valence-corrected chi connectivity index (χ1v) is 4.94. The van der Waals surface area contributed by atoms with Gasteiger partial charge in [-0.2, -0.15) is 5.10 Å². The molecule has 1 N–H and O–H groups in total. The van der Waals surface area contributed by atoms with E-state index in [-0.39, 0.29) is 0 Å². The Morgan fingerprint density at radius 2 is 2.50 bits per heavy atom. The summed E-state index contributed by atoms with van der Waals surface area (Å²) in [5, 5.41) is 7.51. The number of fused-ring (bicyclic) bond motifs is 1. The maximum Gasteiger partial charge on any atom is 0.158 e. The highest BCUT2D eigenvalue weighted by atomic mass is 15.3. The van der Waals surface area contributed by atoms with Crippen LogP contribution in [0.15, 0.2) is 24.7 Å². The summed E-state index contributed by atoms with van der Waals surface area (Å²) in [5.74, 6) is 0.600. The molecule has 1 aliphatic rings. The minimum atomic E-state index is 0.600. The number of aromatic nitrogens is 3. The lowest BCUT2D eigenvalue weighted by atomic mass is 10.00. The second-order valence-corrected chi connectivity index (χ2v) is 3.68. The van der Waals surface area contributed by atoms with Gasteiger partial charge in [0.25, 0.3) is 0 Å². The van der Waals surface area contributed by atoms with Crippen LogP contribution in [0.25, 0.3) is 5.65 Å². The van der Waals surface area contributed by atoms with E-state index >= 15 is 0 Å². The molecule has 1 aliphatic heterocycles. The average Bonchev–Trinajstić information content (AvgIpc) is 2.88. The molecule has 0 saturated carbocycles. The largest absolute Gasteiger partial charge is 0.316 e. The second kappa shape index (κ2) is 3.06. The number of rotatable bonds is 1. The first kappa shape index (κ1) is 7.94. The van der Waals surface area contributed by atoms with Gasteiger partial charge in [-0.3, -0.25) is 0 Å². The fraction of sp³-hybridized carbons (Fsp3) is 0.400. The Bertz CT molecular complexity index is 442. The molecule has 1 saturated heterocycles. The standard InChI is InChI=1S/C10H12N4/c1-2-9(8-3-4-11-6-8)10-12-7-13-14(10)5-1/h1-2,5,7-8,11H,3-4,6H2. The molecule has 1 unspecified atom stereocenters. The average molecular weight is 188 g/mol. The van der Waals surface area contributed by atoms with Crippen molar-refractivity contribution >= 4 is 5.65 Å². The number of hydrogen-bond donors (Lipinski definition) is 1. The van der Waals surface area contributed by atoms with Crippen LogP contribution in [0.2, 0.25) is 0 Å². The molecular weight excluding hydrogens is 176 g/mol. The van der Waals surface area contributed by atoms with Gasteiger partial charge in [-0.15, -0.1) is 0 Å². The monoisotopic (exact) mass is 188 g/mol. The van der Waals surface area contributed by atoms with Crippen molar-refractivity contribution in [1.29, 1.82) is 0 Å². The SMILES string of the molecule is c1cc(C2CCNC2)c2ncnn2c1. The van der Waals surface area contributed by atoms with Gasteiger partial charge in [-0.05, 0) is 19.0 Å². The van der Waals surface area contributed by atoms with E-state index in [1.165, 1.54) is 12.0 Å². The molecule has 0 aromatic carbocycles. The Labute approximate surface area is 82.0 Å². The minimum absolute atomic E-state index is 0.600. The van der Waals surface area contributed by atoms with E-state index < -0.39 is 0 Å². The van der Waals surface area contributed by atoms with Gasteiger partial charge >= 0.3 is 0 Å². The Morgan fingerprint density at radius 3 is 3.36 bits per heavy atom. The summed E-state index contributed by atoms with van der Waals surface area (Å²) in [6.07, 6.45) is 4.75. The minimum Gasteiger partial charge on any atom is -0.316 e. The molecule has 0 spiro atoms. The van der Waals surface area contributed by atoms with Crippen LogP contribution < -0.4 is 5.32 Å². The molecule has 0 bridgehead atoms. The van der Waals surface area contributed by atoms with Gasteiger partial charge < -0.3 is 5.32 Å². The Balaban J connectivity index is 2.14. The van der Waals surface area contributed by atoms with Crippen molar-refractivity contribution in [2.24, 2.45) is 0 Å². The Hall–Kier alpha value is -1.42. The molecule has 14 heavy (non-hydrogen) atoms. The number of pyridine rings is 1. The van der Waals surface area contributed by atoms with Crippen molar-refractivity contribution in [3.8, 4) is 0 Å². The van der Waals surface area contributed by atoms with Crippen LogP contribution in [0, 0.1) is 0 Å². The van der Waals surface area contributed by atoms with Gasteiger partial charge in [-0.25, -0.2) is 9.50 Å². The molecule has 3 rings (SSSR count). The van der Waals surface area contributed by atoms with E-state index in [4.69, 9.17) is 0 Å². The van der Waals surface area contributed by atoms with Gasteiger partial charge in [0.1, 0.15) is 6.33 Å². The summed E-state index contributed by atoms with van der Waals surface area (Å²) in [6, 6.07) is 4.19. The topological polar surface area (TPSA) is 42.2 Å². The van der Waals surface area contributed by atoms with Crippen LogP contribution in [0.1, 0.15) is 17.9 Å². The predicted octanol–water partition coefficient (Wildman–Crippen LogP) is 0.806. The molecular formula is C10H12N4. The maximum absolute atomic E-state index is 4.29. The predicted molar refractivity (Wildman–Crippen MR) is 53.2 cm³/mol. The highest BCUT2D eigenvalue weighted by Crippen LogP contribution is 2.24. The summed E-state index contributed by atoms with van der Waals surface area (Å²) < 4.78 is 1.84. The fourth-order valence-corrected chi connectivity index (χ4v) is 2.11. The van der Waals surface area contributed by atoms with Gasteiger partial charge in [-0.1, -0.05) is 6.07 Å². The van der Waals surface area contributed by atoms with Crippen LogP contribution in [0.3, 0.4) is 0 Å². The fourth-order valence-electron chi connectivity index (χ4n) is 2.11. The third kappa shape index (κ3) is 1.11. The van der Waals surface area contributed by atoms with E-state index in [0.717, 1.165) is 18.7 Å². The molecule has 1 atom stereocenters. The highest BCUT2D eigenvalue weighted by molar-refractivity contribution is 5.48. The molecule has 0 aliphatic carbocycles. The van der Waals surface area contributed by atoms with Gasteiger partial charge in [0, 0.05) is 24.2 Å². The van der Waals surface area contributed by atoms with Gasteiger partial charge in [0.2, 0.25) is 0 Å². The summed E-state index contributed by atoms with van der Waals surface area (Å²) in [7, 11) is 0. The van der Waals surface area contributed by atoms with Crippen LogP contribution >= 0.6 is 0 Å². The van der Waals surface area contributed by atoms with Crippen molar-refractivity contribution < 1.29 is 0 Å². The normalized spacial score (nSPS) is 21.9. The molecule has 3 heterocycles. The smallest absolute Gasteiger partial charge is 0.158 e. The molecule has 4 heteroatoms. The van der Waals surface area contributed by atoms with Crippen molar-refractivity contribution in [3.05, 3.63) is 30.2 Å². The quantitative estimate of drug-likeness (QED) is 0.720. The van der Waals surface area contributed by atoms with Crippen molar-refractivity contribution in [3.63, 3.8) is 0 Å². The zero-order chi connectivity index (χ0) is 9.38. The lowest BCUT2D eigenvalue weighted by Gasteiger charge is -2.08. The zero-order valence-electron chi connectivity index (χ0n) is 7.85. The summed E-state index contributed by atoms with van der Waals surface area (Å²) in [4.78, 5) is 4.29. The second-order valence-electron chi connectivity index (χ2n) is 3.68. The van der Waals surface area contributed by atoms with Crippen LogP contribution in [-0.4, -0.2) is 27.7 Å². The molecule has 72 valence electrons. The van der Waals surface area contributed by atoms with E-state index in [1.807, 2.05) is 16.8 Å². The lowest BCUT2D eigenvalue weighted by Crippen LogP contribution is -2.08. The third-order valence-electron chi connectivity index (χ3n) is 2.83. The Kier molecular flexibility index (Phi) is 1.73. The molecule has 0 radical (unpaired) electrons. The number of nitrogens with one attached hydrogen (secondary N) is 1. The molecule has 2 aromatic rings. The van der Waals surface area contributed by atoms with E-state index in [0.29, 0.717) is 5.92 Å². The van der Waals surface area contributed by atoms with Crippen molar-refractivity contribution in [2.75, 3.05) is 13.1 Å². The maximum atomic E-state index is 4.29. The van der Waals surface area contributed by atoms with Gasteiger partial charge in [0.15, 0.2) is 5.65 Å². The molecule has 1 fully saturated rings. The number of nitrogens with zero attached hydrogens (tertiary/aromatic N) is 3. The van der Waals surface area contributed by atoms with Crippen molar-refractivity contribution in [1.82, 2.24) is 19.9 Å². The zero-order valence-corrected chi connectivity index (χ0v) is 7.85. The summed E-state index contributed by atoms with van der Waals surface area (Å²) in [5.41, 5.74) is 2.32. The lowest BCUT2D eigenvalue weighted by molar-refractivity contribution is 0.760. The highest BCUT2D eigenvalue weighted by Gasteiger charge is 2.19.